The van der Waals surface area contributed by atoms with Crippen LogP contribution in [0.25, 0.3) is 0 Å². The highest BCUT2D eigenvalue weighted by Gasteiger charge is 2.63. The molecule has 1 fully saturated rings. The minimum atomic E-state index is 0.312. The Labute approximate surface area is 172 Å². The number of ketones is 1. The van der Waals surface area contributed by atoms with Gasteiger partial charge in [0.15, 0.2) is 5.78 Å². The first-order chi connectivity index (χ1) is 13.3. The van der Waals surface area contributed by atoms with E-state index in [1.54, 1.807) is 11.3 Å². The predicted molar refractivity (Wildman–Crippen MR) is 116 cm³/mol. The van der Waals surface area contributed by atoms with E-state index in [0.717, 1.165) is 40.5 Å². The van der Waals surface area contributed by atoms with Gasteiger partial charge in [0, 0.05) is 17.8 Å². The van der Waals surface area contributed by atoms with E-state index in [-0.39, 0.29) is 0 Å². The van der Waals surface area contributed by atoms with Gasteiger partial charge >= 0.3 is 0 Å². The van der Waals surface area contributed by atoms with Gasteiger partial charge in [-0.15, -0.1) is 11.3 Å². The van der Waals surface area contributed by atoms with Crippen molar-refractivity contribution < 1.29 is 9.53 Å². The third-order valence-corrected chi connectivity index (χ3v) is 8.00. The summed E-state index contributed by atoms with van der Waals surface area (Å²) >= 11 is 1.73. The van der Waals surface area contributed by atoms with E-state index in [2.05, 4.69) is 46.8 Å². The summed E-state index contributed by atoms with van der Waals surface area (Å²) in [5.74, 6) is 2.68. The molecule has 0 bridgehead atoms. The number of aryl methyl sites for hydroxylation is 4. The standard InChI is InChI=1S/C24H31NO2S/c1-13-10-16(11-14(2)22(13)27-9-8-25)6-7-19(26)23-17-12-18-21(24(18,4)5)20(17)15(3)28-23/h10-11,18,21H,6-9,12,25H2,1-5H3/t18-,21-/m1/s1. The second-order valence-electron chi connectivity index (χ2n) is 9.11. The van der Waals surface area contributed by atoms with Crippen LogP contribution in [0.1, 0.15) is 68.6 Å². The van der Waals surface area contributed by atoms with Crippen LogP contribution in [0.3, 0.4) is 0 Å². The summed E-state index contributed by atoms with van der Waals surface area (Å²) < 4.78 is 5.76. The van der Waals surface area contributed by atoms with E-state index < -0.39 is 0 Å². The van der Waals surface area contributed by atoms with Crippen LogP contribution in [-0.2, 0) is 12.8 Å². The molecule has 2 atom stereocenters. The number of thiophene rings is 1. The molecular weight excluding hydrogens is 366 g/mol. The number of carbonyl (C=O) groups is 1. The fraction of sp³-hybridized carbons (Fsp3) is 0.542. The maximum atomic E-state index is 13.0. The SMILES string of the molecule is Cc1cc(CCC(=O)c2sc(C)c3c2C[C@@H]2[C@H]3C2(C)C)cc(C)c1OCCN. The fourth-order valence-corrected chi connectivity index (χ4v) is 6.50. The molecule has 2 N–H and O–H groups in total. The Hall–Kier alpha value is -1.65. The van der Waals surface area contributed by atoms with Crippen molar-refractivity contribution >= 4 is 17.1 Å². The minimum Gasteiger partial charge on any atom is -0.492 e. The summed E-state index contributed by atoms with van der Waals surface area (Å²) in [5.41, 5.74) is 12.3. The summed E-state index contributed by atoms with van der Waals surface area (Å²) in [5, 5.41) is 0. The van der Waals surface area contributed by atoms with Crippen LogP contribution in [0.2, 0.25) is 0 Å². The number of hydrogen-bond acceptors (Lipinski definition) is 4. The summed E-state index contributed by atoms with van der Waals surface area (Å²) in [7, 11) is 0. The van der Waals surface area contributed by atoms with Gasteiger partial charge in [0.1, 0.15) is 12.4 Å². The number of Topliss-reactive ketones (excluding diaryl/α,β-unsaturated/α-hetero) is 1. The quantitative estimate of drug-likeness (QED) is 0.660. The van der Waals surface area contributed by atoms with Crippen molar-refractivity contribution in [2.75, 3.05) is 13.2 Å². The third-order valence-electron chi connectivity index (χ3n) is 6.80. The van der Waals surface area contributed by atoms with Crippen LogP contribution in [-0.4, -0.2) is 18.9 Å². The highest BCUT2D eigenvalue weighted by Crippen LogP contribution is 2.71. The highest BCUT2D eigenvalue weighted by atomic mass is 32.1. The van der Waals surface area contributed by atoms with Crippen molar-refractivity contribution in [1.29, 1.82) is 0 Å². The zero-order chi connectivity index (χ0) is 20.2. The fourth-order valence-electron chi connectivity index (χ4n) is 5.30. The zero-order valence-electron chi connectivity index (χ0n) is 17.6. The Morgan fingerprint density at radius 1 is 1.25 bits per heavy atom. The highest BCUT2D eigenvalue weighted by molar-refractivity contribution is 7.14. The molecule has 2 aromatic rings. The lowest BCUT2D eigenvalue weighted by Gasteiger charge is -2.13. The molecule has 0 amide bonds. The van der Waals surface area contributed by atoms with Crippen LogP contribution >= 0.6 is 11.3 Å². The van der Waals surface area contributed by atoms with Gasteiger partial charge in [-0.1, -0.05) is 26.0 Å². The van der Waals surface area contributed by atoms with E-state index in [4.69, 9.17) is 10.5 Å². The molecule has 1 saturated carbocycles. The first-order valence-corrected chi connectivity index (χ1v) is 11.2. The molecule has 2 aliphatic carbocycles. The third kappa shape index (κ3) is 3.11. The van der Waals surface area contributed by atoms with Crippen molar-refractivity contribution in [1.82, 2.24) is 0 Å². The van der Waals surface area contributed by atoms with Gasteiger partial charge in [-0.3, -0.25) is 4.79 Å². The largest absolute Gasteiger partial charge is 0.492 e. The smallest absolute Gasteiger partial charge is 0.173 e. The number of rotatable bonds is 7. The molecule has 2 aliphatic rings. The molecule has 4 heteroatoms. The Kier molecular flexibility index (Phi) is 4.91. The first kappa shape index (κ1) is 19.7. The van der Waals surface area contributed by atoms with E-state index in [1.165, 1.54) is 21.6 Å². The van der Waals surface area contributed by atoms with Gasteiger partial charge in [0.05, 0.1) is 4.88 Å². The van der Waals surface area contributed by atoms with Crippen molar-refractivity contribution in [3.05, 3.63) is 49.7 Å². The molecule has 1 heterocycles. The average Bonchev–Trinajstić information content (AvgIpc) is 2.96. The first-order valence-electron chi connectivity index (χ1n) is 10.3. The molecule has 0 spiro atoms. The number of hydrogen-bond donors (Lipinski definition) is 1. The maximum absolute atomic E-state index is 13.0. The summed E-state index contributed by atoms with van der Waals surface area (Å²) in [6.45, 7) is 12.1. The molecule has 4 rings (SSSR count). The molecule has 28 heavy (non-hydrogen) atoms. The molecular formula is C24H31NO2S. The topological polar surface area (TPSA) is 52.3 Å². The van der Waals surface area contributed by atoms with Crippen molar-refractivity contribution in [3.63, 3.8) is 0 Å². The van der Waals surface area contributed by atoms with Gasteiger partial charge in [-0.25, -0.2) is 0 Å². The van der Waals surface area contributed by atoms with Crippen molar-refractivity contribution in [2.24, 2.45) is 17.1 Å². The van der Waals surface area contributed by atoms with Gasteiger partial charge in [-0.2, -0.15) is 0 Å². The second kappa shape index (κ2) is 7.00. The number of benzene rings is 1. The zero-order valence-corrected chi connectivity index (χ0v) is 18.5. The number of ether oxygens (including phenoxy) is 1. The lowest BCUT2D eigenvalue weighted by Crippen LogP contribution is -2.12. The van der Waals surface area contributed by atoms with Crippen LogP contribution in [0.15, 0.2) is 12.1 Å². The molecule has 0 unspecified atom stereocenters. The number of nitrogens with two attached hydrogens (primary N) is 1. The molecule has 3 nitrogen and oxygen atoms in total. The molecule has 0 saturated heterocycles. The number of fused-ring (bicyclic) bond motifs is 3. The second-order valence-corrected chi connectivity index (χ2v) is 10.3. The maximum Gasteiger partial charge on any atom is 0.173 e. The Morgan fingerprint density at radius 2 is 1.93 bits per heavy atom. The van der Waals surface area contributed by atoms with Crippen LogP contribution in [0.5, 0.6) is 5.75 Å². The lowest BCUT2D eigenvalue weighted by atomic mass is 9.93. The normalized spacial score (nSPS) is 21.4. The molecule has 1 aromatic heterocycles. The molecule has 150 valence electrons. The monoisotopic (exact) mass is 397 g/mol. The van der Waals surface area contributed by atoms with E-state index >= 15 is 0 Å². The van der Waals surface area contributed by atoms with Crippen LogP contribution in [0, 0.1) is 32.1 Å². The van der Waals surface area contributed by atoms with Gasteiger partial charge in [-0.05, 0) is 78.7 Å². The number of carbonyl (C=O) groups excluding carboxylic acids is 1. The molecule has 1 aromatic carbocycles. The minimum absolute atomic E-state index is 0.312. The summed E-state index contributed by atoms with van der Waals surface area (Å²) in [6, 6.07) is 4.29. The Morgan fingerprint density at radius 3 is 2.57 bits per heavy atom. The van der Waals surface area contributed by atoms with E-state index in [9.17, 15) is 4.79 Å². The predicted octanol–water partition coefficient (Wildman–Crippen LogP) is 5.12. The van der Waals surface area contributed by atoms with Crippen molar-refractivity contribution in [2.45, 2.75) is 59.8 Å². The Bertz CT molecular complexity index is 917. The molecule has 0 radical (unpaired) electrons. The summed E-state index contributed by atoms with van der Waals surface area (Å²) in [4.78, 5) is 15.4. The van der Waals surface area contributed by atoms with Gasteiger partial charge in [0.25, 0.3) is 0 Å². The average molecular weight is 398 g/mol. The van der Waals surface area contributed by atoms with E-state index in [0.29, 0.717) is 36.7 Å². The lowest BCUT2D eigenvalue weighted by molar-refractivity contribution is 0.0985. The van der Waals surface area contributed by atoms with Crippen molar-refractivity contribution in [3.8, 4) is 5.75 Å². The van der Waals surface area contributed by atoms with E-state index in [1.807, 2.05) is 0 Å². The van der Waals surface area contributed by atoms with Crippen LogP contribution < -0.4 is 10.5 Å². The Balaban J connectivity index is 1.47. The van der Waals surface area contributed by atoms with Gasteiger partial charge in [0.2, 0.25) is 0 Å². The summed E-state index contributed by atoms with van der Waals surface area (Å²) in [6.07, 6.45) is 2.46. The molecule has 0 aliphatic heterocycles. The van der Waals surface area contributed by atoms with Crippen LogP contribution in [0.4, 0.5) is 0 Å². The van der Waals surface area contributed by atoms with Gasteiger partial charge < -0.3 is 10.5 Å².